The molecule has 2 N–H and O–H groups in total. The average Bonchev–Trinajstić information content (AvgIpc) is 2.21. The predicted molar refractivity (Wildman–Crippen MR) is 64.2 cm³/mol. The molecule has 1 aromatic rings. The highest BCUT2D eigenvalue weighted by atomic mass is 79.9. The minimum absolute atomic E-state index is 0.327. The predicted octanol–water partition coefficient (Wildman–Crippen LogP) is 2.40. The molecule has 14 heavy (non-hydrogen) atoms. The van der Waals surface area contributed by atoms with Crippen LogP contribution in [-0.2, 0) is 0 Å². The molecule has 0 amide bonds. The lowest BCUT2D eigenvalue weighted by Gasteiger charge is -2.25. The van der Waals surface area contributed by atoms with E-state index in [1.54, 1.807) is 0 Å². The quantitative estimate of drug-likeness (QED) is 0.897. The second kappa shape index (κ2) is 5.49. The van der Waals surface area contributed by atoms with E-state index in [0.29, 0.717) is 12.6 Å². The van der Waals surface area contributed by atoms with Crippen molar-refractivity contribution >= 4 is 15.9 Å². The molecule has 1 unspecified atom stereocenters. The lowest BCUT2D eigenvalue weighted by molar-refractivity contribution is 0.263. The van der Waals surface area contributed by atoms with Crippen molar-refractivity contribution in [2.24, 2.45) is 5.73 Å². The molecule has 0 spiro atoms. The van der Waals surface area contributed by atoms with Crippen molar-refractivity contribution in [3.05, 3.63) is 34.3 Å². The number of likely N-dealkylation sites (N-methyl/N-ethyl adjacent to an activating group) is 1. The Balaban J connectivity index is 2.84. The van der Waals surface area contributed by atoms with Gasteiger partial charge in [-0.1, -0.05) is 35.0 Å². The first kappa shape index (κ1) is 11.7. The van der Waals surface area contributed by atoms with Gasteiger partial charge in [0.25, 0.3) is 0 Å². The normalized spacial score (nSPS) is 13.2. The highest BCUT2D eigenvalue weighted by Crippen LogP contribution is 2.20. The molecule has 0 fully saturated rings. The van der Waals surface area contributed by atoms with Crippen LogP contribution in [0.1, 0.15) is 18.5 Å². The highest BCUT2D eigenvalue weighted by Gasteiger charge is 2.12. The Morgan fingerprint density at radius 3 is 2.36 bits per heavy atom. The fourth-order valence-electron chi connectivity index (χ4n) is 1.48. The topological polar surface area (TPSA) is 29.3 Å². The second-order valence-corrected chi connectivity index (χ2v) is 4.29. The Labute approximate surface area is 94.2 Å². The molecule has 0 aromatic heterocycles. The van der Waals surface area contributed by atoms with Gasteiger partial charge < -0.3 is 5.73 Å². The molecule has 0 heterocycles. The van der Waals surface area contributed by atoms with Crippen molar-refractivity contribution in [2.75, 3.05) is 20.1 Å². The van der Waals surface area contributed by atoms with Crippen LogP contribution in [0.3, 0.4) is 0 Å². The zero-order chi connectivity index (χ0) is 10.6. The van der Waals surface area contributed by atoms with Crippen molar-refractivity contribution < 1.29 is 0 Å². The van der Waals surface area contributed by atoms with Gasteiger partial charge in [0.2, 0.25) is 0 Å². The van der Waals surface area contributed by atoms with Crippen molar-refractivity contribution in [3.8, 4) is 0 Å². The van der Waals surface area contributed by atoms with Gasteiger partial charge in [0, 0.05) is 17.1 Å². The Morgan fingerprint density at radius 1 is 1.36 bits per heavy atom. The number of halogens is 1. The number of hydrogen-bond donors (Lipinski definition) is 1. The first-order valence-electron chi connectivity index (χ1n) is 4.84. The summed E-state index contributed by atoms with van der Waals surface area (Å²) in [6, 6.07) is 8.68. The maximum Gasteiger partial charge on any atom is 0.0467 e. The first-order chi connectivity index (χ1) is 6.69. The second-order valence-electron chi connectivity index (χ2n) is 3.38. The summed E-state index contributed by atoms with van der Waals surface area (Å²) >= 11 is 3.43. The number of nitrogens with two attached hydrogens (primary N) is 1. The summed E-state index contributed by atoms with van der Waals surface area (Å²) in [7, 11) is 2.10. The molecule has 0 saturated heterocycles. The van der Waals surface area contributed by atoms with E-state index >= 15 is 0 Å². The third kappa shape index (κ3) is 2.80. The molecular weight excluding hydrogens is 240 g/mol. The molecule has 0 saturated carbocycles. The van der Waals surface area contributed by atoms with Crippen LogP contribution in [-0.4, -0.2) is 25.0 Å². The number of hydrogen-bond acceptors (Lipinski definition) is 2. The van der Waals surface area contributed by atoms with Gasteiger partial charge in [-0.05, 0) is 31.3 Å². The van der Waals surface area contributed by atoms with Gasteiger partial charge in [0.15, 0.2) is 0 Å². The maximum atomic E-state index is 5.77. The van der Waals surface area contributed by atoms with Crippen LogP contribution in [0, 0.1) is 0 Å². The molecule has 1 rings (SSSR count). The molecule has 2 nitrogen and oxygen atoms in total. The van der Waals surface area contributed by atoms with Gasteiger partial charge >= 0.3 is 0 Å². The van der Waals surface area contributed by atoms with Crippen LogP contribution in [0.5, 0.6) is 0 Å². The van der Waals surface area contributed by atoms with Gasteiger partial charge in [-0.3, -0.25) is 4.90 Å². The van der Waals surface area contributed by atoms with E-state index in [1.807, 2.05) is 0 Å². The van der Waals surface area contributed by atoms with E-state index < -0.39 is 0 Å². The molecule has 1 atom stereocenters. The summed E-state index contributed by atoms with van der Waals surface area (Å²) in [6.07, 6.45) is 0. The summed E-state index contributed by atoms with van der Waals surface area (Å²) in [4.78, 5) is 2.25. The Morgan fingerprint density at radius 2 is 1.93 bits per heavy atom. The highest BCUT2D eigenvalue weighted by molar-refractivity contribution is 9.10. The van der Waals surface area contributed by atoms with Crippen molar-refractivity contribution in [1.82, 2.24) is 4.90 Å². The van der Waals surface area contributed by atoms with Crippen LogP contribution in [0.25, 0.3) is 0 Å². The Bertz CT molecular complexity index is 271. The van der Waals surface area contributed by atoms with E-state index in [-0.39, 0.29) is 0 Å². The van der Waals surface area contributed by atoms with Crippen molar-refractivity contribution in [2.45, 2.75) is 13.0 Å². The smallest absolute Gasteiger partial charge is 0.0467 e. The molecule has 1 aromatic carbocycles. The van der Waals surface area contributed by atoms with Crippen LogP contribution in [0.4, 0.5) is 0 Å². The molecule has 78 valence electrons. The SMILES string of the molecule is CCN(C)C(CN)c1ccc(Br)cc1. The van der Waals surface area contributed by atoms with Gasteiger partial charge in [0.1, 0.15) is 0 Å². The fraction of sp³-hybridized carbons (Fsp3) is 0.455. The Kier molecular flexibility index (Phi) is 4.58. The summed E-state index contributed by atoms with van der Waals surface area (Å²) < 4.78 is 1.11. The van der Waals surface area contributed by atoms with Crippen LogP contribution < -0.4 is 5.73 Å². The molecule has 0 aliphatic rings. The van der Waals surface area contributed by atoms with E-state index in [2.05, 4.69) is 59.1 Å². The largest absolute Gasteiger partial charge is 0.329 e. The summed E-state index contributed by atoms with van der Waals surface area (Å²) in [5.41, 5.74) is 7.04. The standard InChI is InChI=1S/C11H17BrN2/c1-3-14(2)11(8-13)9-4-6-10(12)7-5-9/h4-7,11H,3,8,13H2,1-2H3. The molecule has 0 radical (unpaired) electrons. The van der Waals surface area contributed by atoms with Crippen LogP contribution in [0.2, 0.25) is 0 Å². The van der Waals surface area contributed by atoms with Gasteiger partial charge in [0.05, 0.1) is 0 Å². The van der Waals surface area contributed by atoms with E-state index in [0.717, 1.165) is 11.0 Å². The molecule has 0 aliphatic carbocycles. The molecule has 0 bridgehead atoms. The van der Waals surface area contributed by atoms with Crippen LogP contribution in [0.15, 0.2) is 28.7 Å². The van der Waals surface area contributed by atoms with Gasteiger partial charge in [-0.15, -0.1) is 0 Å². The first-order valence-corrected chi connectivity index (χ1v) is 5.64. The maximum absolute atomic E-state index is 5.77. The van der Waals surface area contributed by atoms with E-state index in [9.17, 15) is 0 Å². The minimum atomic E-state index is 0.327. The van der Waals surface area contributed by atoms with E-state index in [1.165, 1.54) is 5.56 Å². The minimum Gasteiger partial charge on any atom is -0.329 e. The van der Waals surface area contributed by atoms with E-state index in [4.69, 9.17) is 5.73 Å². The number of rotatable bonds is 4. The molecular formula is C11H17BrN2. The fourth-order valence-corrected chi connectivity index (χ4v) is 1.74. The third-order valence-electron chi connectivity index (χ3n) is 2.51. The van der Waals surface area contributed by atoms with Gasteiger partial charge in [-0.25, -0.2) is 0 Å². The lowest BCUT2D eigenvalue weighted by atomic mass is 10.1. The Hall–Kier alpha value is -0.380. The van der Waals surface area contributed by atoms with Gasteiger partial charge in [-0.2, -0.15) is 0 Å². The van der Waals surface area contributed by atoms with Crippen molar-refractivity contribution in [1.29, 1.82) is 0 Å². The number of benzene rings is 1. The number of nitrogens with zero attached hydrogens (tertiary/aromatic N) is 1. The zero-order valence-electron chi connectivity index (χ0n) is 8.70. The summed E-state index contributed by atoms with van der Waals surface area (Å²) in [6.45, 7) is 3.81. The average molecular weight is 257 g/mol. The lowest BCUT2D eigenvalue weighted by Crippen LogP contribution is -2.30. The zero-order valence-corrected chi connectivity index (χ0v) is 10.3. The van der Waals surface area contributed by atoms with Crippen LogP contribution >= 0.6 is 15.9 Å². The summed E-state index contributed by atoms with van der Waals surface area (Å²) in [5, 5.41) is 0. The molecule has 0 aliphatic heterocycles. The third-order valence-corrected chi connectivity index (χ3v) is 3.04. The molecule has 3 heteroatoms. The summed E-state index contributed by atoms with van der Waals surface area (Å²) in [5.74, 6) is 0. The van der Waals surface area contributed by atoms with Crippen molar-refractivity contribution in [3.63, 3.8) is 0 Å². The monoisotopic (exact) mass is 256 g/mol.